The average molecular weight is 352 g/mol. The number of hydrogen-bond acceptors (Lipinski definition) is 5. The van der Waals surface area contributed by atoms with E-state index in [2.05, 4.69) is 25.5 Å². The zero-order valence-corrected chi connectivity index (χ0v) is 14.2. The number of aromatic nitrogens is 5. The molecule has 0 fully saturated rings. The SMILES string of the molecule is CCn1c(=O)[nH]c2cc(C(=O)Nc3n[nH]c(-c4ccc(C)o4)n3)ccc21. The molecule has 0 saturated heterocycles. The molecule has 0 radical (unpaired) electrons. The van der Waals surface area contributed by atoms with E-state index in [4.69, 9.17) is 4.42 Å². The van der Waals surface area contributed by atoms with Gasteiger partial charge in [-0.2, -0.15) is 4.98 Å². The Morgan fingerprint density at radius 2 is 2.15 bits per heavy atom. The number of H-pyrrole nitrogens is 2. The van der Waals surface area contributed by atoms with Gasteiger partial charge < -0.3 is 9.40 Å². The molecule has 0 aliphatic rings. The molecule has 132 valence electrons. The minimum absolute atomic E-state index is 0.138. The Hall–Kier alpha value is -3.62. The van der Waals surface area contributed by atoms with E-state index < -0.39 is 0 Å². The minimum atomic E-state index is -0.377. The molecule has 1 aromatic carbocycles. The van der Waals surface area contributed by atoms with Crippen LogP contribution < -0.4 is 11.0 Å². The van der Waals surface area contributed by atoms with Crippen molar-refractivity contribution < 1.29 is 9.21 Å². The first-order valence-corrected chi connectivity index (χ1v) is 8.08. The van der Waals surface area contributed by atoms with Gasteiger partial charge >= 0.3 is 5.69 Å². The number of nitrogens with one attached hydrogen (secondary N) is 3. The number of carbonyl (C=O) groups excluding carboxylic acids is 1. The van der Waals surface area contributed by atoms with Crippen LogP contribution >= 0.6 is 0 Å². The van der Waals surface area contributed by atoms with E-state index in [9.17, 15) is 9.59 Å². The highest BCUT2D eigenvalue weighted by molar-refractivity contribution is 6.05. The topological polar surface area (TPSA) is 122 Å². The second-order valence-corrected chi connectivity index (χ2v) is 5.78. The van der Waals surface area contributed by atoms with Crippen molar-refractivity contribution in [2.75, 3.05) is 5.32 Å². The van der Waals surface area contributed by atoms with Gasteiger partial charge in [0.1, 0.15) is 5.76 Å². The molecule has 0 atom stereocenters. The molecule has 1 amide bonds. The maximum atomic E-state index is 12.4. The summed E-state index contributed by atoms with van der Waals surface area (Å²) >= 11 is 0. The van der Waals surface area contributed by atoms with E-state index >= 15 is 0 Å². The number of benzene rings is 1. The largest absolute Gasteiger partial charge is 0.458 e. The lowest BCUT2D eigenvalue weighted by atomic mass is 10.2. The third-order valence-electron chi connectivity index (χ3n) is 4.04. The molecule has 4 rings (SSSR count). The van der Waals surface area contributed by atoms with Gasteiger partial charge in [0.2, 0.25) is 5.95 Å². The number of carbonyl (C=O) groups is 1. The van der Waals surface area contributed by atoms with Gasteiger partial charge in [-0.25, -0.2) is 4.79 Å². The van der Waals surface area contributed by atoms with Crippen LogP contribution in [0.5, 0.6) is 0 Å². The molecule has 4 aromatic rings. The maximum absolute atomic E-state index is 12.4. The van der Waals surface area contributed by atoms with Crippen molar-refractivity contribution in [3.63, 3.8) is 0 Å². The molecular formula is C17H16N6O3. The van der Waals surface area contributed by atoms with Crippen molar-refractivity contribution in [1.29, 1.82) is 0 Å². The molecule has 0 aliphatic heterocycles. The van der Waals surface area contributed by atoms with E-state index in [0.717, 1.165) is 11.3 Å². The van der Waals surface area contributed by atoms with Crippen molar-refractivity contribution in [2.45, 2.75) is 20.4 Å². The molecule has 0 aliphatic carbocycles. The average Bonchev–Trinajstić information content (AvgIpc) is 3.32. The first-order valence-electron chi connectivity index (χ1n) is 8.08. The normalized spacial score (nSPS) is 11.2. The van der Waals surface area contributed by atoms with Gasteiger partial charge in [0.25, 0.3) is 5.91 Å². The van der Waals surface area contributed by atoms with E-state index in [-0.39, 0.29) is 17.5 Å². The van der Waals surface area contributed by atoms with Crippen LogP contribution in [0, 0.1) is 6.92 Å². The standard InChI is InChI=1S/C17H16N6O3/c1-3-23-12-6-5-10(8-11(12)18-17(23)25)15(24)20-16-19-14(21-22-16)13-7-4-9(2)26-13/h4-8H,3H2,1-2H3,(H,18,25)(H2,19,20,21,22,24). The van der Waals surface area contributed by atoms with Crippen LogP contribution in [0.15, 0.2) is 39.5 Å². The lowest BCUT2D eigenvalue weighted by Gasteiger charge is -2.02. The van der Waals surface area contributed by atoms with E-state index in [1.165, 1.54) is 0 Å². The second-order valence-electron chi connectivity index (χ2n) is 5.78. The van der Waals surface area contributed by atoms with Gasteiger partial charge in [-0.15, -0.1) is 5.10 Å². The van der Waals surface area contributed by atoms with E-state index in [1.807, 2.05) is 19.9 Å². The highest BCUT2D eigenvalue weighted by Gasteiger charge is 2.14. The summed E-state index contributed by atoms with van der Waals surface area (Å²) in [7, 11) is 0. The smallest absolute Gasteiger partial charge is 0.326 e. The zero-order valence-electron chi connectivity index (χ0n) is 14.2. The summed E-state index contributed by atoms with van der Waals surface area (Å²) in [6.07, 6.45) is 0. The van der Waals surface area contributed by atoms with Crippen LogP contribution in [0.4, 0.5) is 5.95 Å². The highest BCUT2D eigenvalue weighted by Crippen LogP contribution is 2.19. The Morgan fingerprint density at radius 3 is 2.88 bits per heavy atom. The van der Waals surface area contributed by atoms with Crippen molar-refractivity contribution in [3.8, 4) is 11.6 Å². The quantitative estimate of drug-likeness (QED) is 0.520. The molecular weight excluding hydrogens is 336 g/mol. The van der Waals surface area contributed by atoms with Gasteiger partial charge in [-0.05, 0) is 44.2 Å². The monoisotopic (exact) mass is 352 g/mol. The Labute approximate surface area is 147 Å². The number of nitrogens with zero attached hydrogens (tertiary/aromatic N) is 3. The number of fused-ring (bicyclic) bond motifs is 1. The molecule has 26 heavy (non-hydrogen) atoms. The molecule has 9 nitrogen and oxygen atoms in total. The Bertz CT molecular complexity index is 1160. The molecule has 0 saturated carbocycles. The first-order chi connectivity index (χ1) is 12.5. The Kier molecular flexibility index (Phi) is 3.68. The third-order valence-corrected chi connectivity index (χ3v) is 4.04. The minimum Gasteiger partial charge on any atom is -0.458 e. The number of aryl methyl sites for hydroxylation is 2. The molecule has 9 heteroatoms. The molecule has 0 unspecified atom stereocenters. The van der Waals surface area contributed by atoms with Gasteiger partial charge in [0.05, 0.1) is 11.0 Å². The van der Waals surface area contributed by atoms with E-state index in [1.54, 1.807) is 28.8 Å². The molecule has 0 bridgehead atoms. The molecule has 3 aromatic heterocycles. The van der Waals surface area contributed by atoms with Crippen LogP contribution in [-0.2, 0) is 6.54 Å². The molecule has 0 spiro atoms. The van der Waals surface area contributed by atoms with Gasteiger partial charge in [0.15, 0.2) is 11.6 Å². The molecule has 3 heterocycles. The number of furan rings is 1. The number of amides is 1. The zero-order chi connectivity index (χ0) is 18.3. The fourth-order valence-electron chi connectivity index (χ4n) is 2.78. The summed E-state index contributed by atoms with van der Waals surface area (Å²) in [5, 5.41) is 9.31. The summed E-state index contributed by atoms with van der Waals surface area (Å²) in [6.45, 7) is 4.27. The lowest BCUT2D eigenvalue weighted by molar-refractivity contribution is 0.102. The lowest BCUT2D eigenvalue weighted by Crippen LogP contribution is -2.14. The van der Waals surface area contributed by atoms with Crippen LogP contribution in [-0.4, -0.2) is 30.6 Å². The van der Waals surface area contributed by atoms with Crippen LogP contribution in [0.1, 0.15) is 23.0 Å². The predicted molar refractivity (Wildman–Crippen MR) is 95.0 cm³/mol. The second kappa shape index (κ2) is 6.03. The highest BCUT2D eigenvalue weighted by atomic mass is 16.3. The Morgan fingerprint density at radius 1 is 1.31 bits per heavy atom. The maximum Gasteiger partial charge on any atom is 0.326 e. The fraction of sp³-hybridized carbons (Fsp3) is 0.176. The van der Waals surface area contributed by atoms with Crippen molar-refractivity contribution >= 4 is 22.9 Å². The van der Waals surface area contributed by atoms with Crippen LogP contribution in [0.3, 0.4) is 0 Å². The fourth-order valence-corrected chi connectivity index (χ4v) is 2.78. The summed E-state index contributed by atoms with van der Waals surface area (Å²) in [4.78, 5) is 31.2. The summed E-state index contributed by atoms with van der Waals surface area (Å²) in [6, 6.07) is 8.60. The first kappa shape index (κ1) is 15.9. The summed E-state index contributed by atoms with van der Waals surface area (Å²) < 4.78 is 7.06. The third kappa shape index (κ3) is 2.69. The van der Waals surface area contributed by atoms with Crippen molar-refractivity contribution in [2.24, 2.45) is 0 Å². The van der Waals surface area contributed by atoms with Gasteiger partial charge in [-0.3, -0.25) is 19.8 Å². The number of hydrogen-bond donors (Lipinski definition) is 3. The Balaban J connectivity index is 1.57. The van der Waals surface area contributed by atoms with Crippen LogP contribution in [0.25, 0.3) is 22.6 Å². The van der Waals surface area contributed by atoms with E-state index in [0.29, 0.717) is 29.2 Å². The van der Waals surface area contributed by atoms with Gasteiger partial charge in [-0.1, -0.05) is 0 Å². The number of rotatable bonds is 4. The number of anilines is 1. The predicted octanol–water partition coefficient (Wildman–Crippen LogP) is 2.29. The summed E-state index contributed by atoms with van der Waals surface area (Å²) in [5.74, 6) is 1.48. The number of imidazole rings is 1. The van der Waals surface area contributed by atoms with Crippen molar-refractivity contribution in [3.05, 3.63) is 52.1 Å². The van der Waals surface area contributed by atoms with Crippen molar-refractivity contribution in [1.82, 2.24) is 24.7 Å². The summed E-state index contributed by atoms with van der Waals surface area (Å²) in [5.41, 5.74) is 1.54. The number of aromatic amines is 2. The van der Waals surface area contributed by atoms with Crippen LogP contribution in [0.2, 0.25) is 0 Å². The molecule has 3 N–H and O–H groups in total. The van der Waals surface area contributed by atoms with Gasteiger partial charge in [0, 0.05) is 12.1 Å².